The predicted molar refractivity (Wildman–Crippen MR) is 36.3 cm³/mol. The van der Waals surface area contributed by atoms with Crippen molar-refractivity contribution in [3.63, 3.8) is 0 Å². The highest BCUT2D eigenvalue weighted by molar-refractivity contribution is 5.09. The molecule has 0 amide bonds. The molecule has 0 bridgehead atoms. The fourth-order valence-electron chi connectivity index (χ4n) is 1.90. The van der Waals surface area contributed by atoms with Crippen LogP contribution in [0.1, 0.15) is 25.7 Å². The molecule has 1 nitrogen and oxygen atoms in total. The third-order valence-corrected chi connectivity index (χ3v) is 2.46. The fourth-order valence-corrected chi connectivity index (χ4v) is 1.90. The maximum absolute atomic E-state index is 5.51. The van der Waals surface area contributed by atoms with Crippen LogP contribution in [0.3, 0.4) is 0 Å². The Morgan fingerprint density at radius 2 is 2.67 bits per heavy atom. The molecule has 1 aliphatic heterocycles. The summed E-state index contributed by atoms with van der Waals surface area (Å²) in [6.07, 6.45) is 7.56. The van der Waals surface area contributed by atoms with Crippen LogP contribution in [-0.2, 0) is 4.74 Å². The van der Waals surface area contributed by atoms with Gasteiger partial charge in [0.1, 0.15) is 0 Å². The summed E-state index contributed by atoms with van der Waals surface area (Å²) < 4.78 is 5.51. The maximum atomic E-state index is 5.51. The minimum atomic E-state index is 0.293. The molecule has 2 aliphatic rings. The van der Waals surface area contributed by atoms with Crippen LogP contribution in [0.25, 0.3) is 0 Å². The third kappa shape index (κ3) is 0.645. The van der Waals surface area contributed by atoms with Crippen molar-refractivity contribution in [2.45, 2.75) is 37.4 Å². The molecule has 2 unspecified atom stereocenters. The average Bonchev–Trinajstić information content (AvgIpc) is 2.37. The summed E-state index contributed by atoms with van der Waals surface area (Å²) in [4.78, 5) is 0. The van der Waals surface area contributed by atoms with Crippen molar-refractivity contribution in [3.05, 3.63) is 12.7 Å². The van der Waals surface area contributed by atoms with Gasteiger partial charge in [-0.15, -0.1) is 6.58 Å². The zero-order valence-corrected chi connectivity index (χ0v) is 5.60. The van der Waals surface area contributed by atoms with Crippen molar-refractivity contribution < 1.29 is 4.74 Å². The first-order valence-electron chi connectivity index (χ1n) is 3.66. The molecule has 1 saturated carbocycles. The summed E-state index contributed by atoms with van der Waals surface area (Å²) in [5.41, 5.74) is 0.293. The van der Waals surface area contributed by atoms with E-state index in [2.05, 4.69) is 6.58 Å². The first kappa shape index (κ1) is 5.48. The number of hydrogen-bond acceptors (Lipinski definition) is 1. The Labute approximate surface area is 55.7 Å². The number of ether oxygens (including phenoxy) is 1. The highest BCUT2D eigenvalue weighted by Gasteiger charge is 2.57. The molecule has 2 fully saturated rings. The second-order valence-corrected chi connectivity index (χ2v) is 3.06. The van der Waals surface area contributed by atoms with E-state index in [9.17, 15) is 0 Å². The van der Waals surface area contributed by atoms with Crippen molar-refractivity contribution in [3.8, 4) is 0 Å². The van der Waals surface area contributed by atoms with Gasteiger partial charge in [0, 0.05) is 0 Å². The Morgan fingerprint density at radius 1 is 1.78 bits per heavy atom. The first-order chi connectivity index (χ1) is 4.37. The topological polar surface area (TPSA) is 12.5 Å². The molecule has 9 heavy (non-hydrogen) atoms. The summed E-state index contributed by atoms with van der Waals surface area (Å²) >= 11 is 0. The van der Waals surface area contributed by atoms with E-state index in [1.165, 1.54) is 19.3 Å². The van der Waals surface area contributed by atoms with E-state index >= 15 is 0 Å². The van der Waals surface area contributed by atoms with Gasteiger partial charge >= 0.3 is 0 Å². The van der Waals surface area contributed by atoms with Crippen LogP contribution in [0.5, 0.6) is 0 Å². The molecule has 0 aromatic rings. The van der Waals surface area contributed by atoms with E-state index in [1.807, 2.05) is 6.08 Å². The van der Waals surface area contributed by atoms with Gasteiger partial charge in [-0.1, -0.05) is 6.08 Å². The Hall–Kier alpha value is -0.300. The first-order valence-corrected chi connectivity index (χ1v) is 3.66. The summed E-state index contributed by atoms with van der Waals surface area (Å²) in [5, 5.41) is 0. The molecule has 50 valence electrons. The zero-order valence-electron chi connectivity index (χ0n) is 5.60. The monoisotopic (exact) mass is 124 g/mol. The molecular formula is C8H12O. The van der Waals surface area contributed by atoms with Crippen LogP contribution >= 0.6 is 0 Å². The Kier molecular flexibility index (Phi) is 0.974. The molecule has 2 atom stereocenters. The highest BCUT2D eigenvalue weighted by Crippen LogP contribution is 2.52. The van der Waals surface area contributed by atoms with Crippen LogP contribution < -0.4 is 0 Å². The molecule has 0 aromatic heterocycles. The Morgan fingerprint density at radius 3 is 3.11 bits per heavy atom. The average molecular weight is 124 g/mol. The predicted octanol–water partition coefficient (Wildman–Crippen LogP) is 1.88. The normalized spacial score (nSPS) is 46.4. The summed E-state index contributed by atoms with van der Waals surface area (Å²) in [6, 6.07) is 0. The van der Waals surface area contributed by atoms with Gasteiger partial charge in [-0.3, -0.25) is 0 Å². The van der Waals surface area contributed by atoms with Crippen LogP contribution in [0.4, 0.5) is 0 Å². The molecule has 0 aromatic carbocycles. The number of epoxide rings is 1. The number of hydrogen-bond donors (Lipinski definition) is 0. The van der Waals surface area contributed by atoms with Crippen molar-refractivity contribution in [2.75, 3.05) is 0 Å². The minimum absolute atomic E-state index is 0.293. The van der Waals surface area contributed by atoms with E-state index in [-0.39, 0.29) is 0 Å². The van der Waals surface area contributed by atoms with Crippen LogP contribution in [-0.4, -0.2) is 11.7 Å². The van der Waals surface area contributed by atoms with Gasteiger partial charge < -0.3 is 4.74 Å². The van der Waals surface area contributed by atoms with E-state index in [1.54, 1.807) is 0 Å². The maximum Gasteiger partial charge on any atom is 0.0982 e. The lowest BCUT2D eigenvalue weighted by Gasteiger charge is -2.01. The van der Waals surface area contributed by atoms with E-state index in [4.69, 9.17) is 4.74 Å². The standard InChI is InChI=1S/C8H12O/c1-2-5-8-6-3-4-7(8)9-8/h2,7H,1,3-6H2. The van der Waals surface area contributed by atoms with E-state index in [0.29, 0.717) is 11.7 Å². The van der Waals surface area contributed by atoms with Crippen LogP contribution in [0.2, 0.25) is 0 Å². The highest BCUT2D eigenvalue weighted by atomic mass is 16.6. The molecule has 1 heterocycles. The van der Waals surface area contributed by atoms with Crippen molar-refractivity contribution in [2.24, 2.45) is 0 Å². The quantitative estimate of drug-likeness (QED) is 0.404. The second kappa shape index (κ2) is 1.60. The van der Waals surface area contributed by atoms with Gasteiger partial charge in [0.2, 0.25) is 0 Å². The lowest BCUT2D eigenvalue weighted by molar-refractivity contribution is 0.252. The number of rotatable bonds is 2. The molecule has 1 aliphatic carbocycles. The summed E-state index contributed by atoms with van der Waals surface area (Å²) in [7, 11) is 0. The Balaban J connectivity index is 2.02. The lowest BCUT2D eigenvalue weighted by atomic mass is 10.0. The SMILES string of the molecule is C=CCC12CCCC1O2. The van der Waals surface area contributed by atoms with Gasteiger partial charge in [0.25, 0.3) is 0 Å². The molecule has 0 radical (unpaired) electrons. The lowest BCUT2D eigenvalue weighted by Crippen LogP contribution is -2.06. The zero-order chi connectivity index (χ0) is 6.32. The van der Waals surface area contributed by atoms with Crippen LogP contribution in [0, 0.1) is 0 Å². The molecular weight excluding hydrogens is 112 g/mol. The fraction of sp³-hybridized carbons (Fsp3) is 0.750. The van der Waals surface area contributed by atoms with Gasteiger partial charge in [0.15, 0.2) is 0 Å². The molecule has 1 heteroatoms. The molecule has 2 rings (SSSR count). The number of fused-ring (bicyclic) bond motifs is 1. The van der Waals surface area contributed by atoms with Crippen molar-refractivity contribution >= 4 is 0 Å². The van der Waals surface area contributed by atoms with Crippen LogP contribution in [0.15, 0.2) is 12.7 Å². The van der Waals surface area contributed by atoms with Gasteiger partial charge in [-0.05, 0) is 25.7 Å². The van der Waals surface area contributed by atoms with Gasteiger partial charge in [-0.25, -0.2) is 0 Å². The van der Waals surface area contributed by atoms with Crippen molar-refractivity contribution in [1.82, 2.24) is 0 Å². The summed E-state index contributed by atoms with van der Waals surface area (Å²) in [6.45, 7) is 3.72. The van der Waals surface area contributed by atoms with Gasteiger partial charge in [-0.2, -0.15) is 0 Å². The van der Waals surface area contributed by atoms with Gasteiger partial charge in [0.05, 0.1) is 11.7 Å². The molecule has 0 spiro atoms. The minimum Gasteiger partial charge on any atom is -0.366 e. The van der Waals surface area contributed by atoms with E-state index in [0.717, 1.165) is 6.42 Å². The largest absolute Gasteiger partial charge is 0.366 e. The second-order valence-electron chi connectivity index (χ2n) is 3.06. The Bertz CT molecular complexity index is 142. The molecule has 0 N–H and O–H groups in total. The van der Waals surface area contributed by atoms with E-state index < -0.39 is 0 Å². The molecule has 1 saturated heterocycles. The van der Waals surface area contributed by atoms with Crippen molar-refractivity contribution in [1.29, 1.82) is 0 Å². The third-order valence-electron chi connectivity index (χ3n) is 2.46. The summed E-state index contributed by atoms with van der Waals surface area (Å²) in [5.74, 6) is 0. The smallest absolute Gasteiger partial charge is 0.0982 e.